The monoisotopic (exact) mass is 213 g/mol. The molecule has 90 valence electrons. The van der Waals surface area contributed by atoms with E-state index in [0.29, 0.717) is 12.1 Å². The molecule has 2 heteroatoms. The van der Waals surface area contributed by atoms with E-state index in [1.54, 1.807) is 0 Å². The van der Waals surface area contributed by atoms with Crippen molar-refractivity contribution >= 4 is 0 Å². The quantitative estimate of drug-likeness (QED) is 0.702. The van der Waals surface area contributed by atoms with E-state index in [-0.39, 0.29) is 0 Å². The summed E-state index contributed by atoms with van der Waals surface area (Å²) in [6, 6.07) is 0.660. The first kappa shape index (κ1) is 13.0. The Balaban J connectivity index is 2.28. The lowest BCUT2D eigenvalue weighted by Gasteiger charge is -2.23. The van der Waals surface area contributed by atoms with E-state index in [2.05, 4.69) is 19.2 Å². The second-order valence-electron chi connectivity index (χ2n) is 4.92. The molecular weight excluding hydrogens is 186 g/mol. The van der Waals surface area contributed by atoms with Gasteiger partial charge in [0.15, 0.2) is 0 Å². The predicted octanol–water partition coefficient (Wildman–Crippen LogP) is 2.97. The highest BCUT2D eigenvalue weighted by Crippen LogP contribution is 2.29. The van der Waals surface area contributed by atoms with Crippen LogP contribution in [0.3, 0.4) is 0 Å². The summed E-state index contributed by atoms with van der Waals surface area (Å²) in [6.45, 7) is 5.44. The van der Waals surface area contributed by atoms with E-state index in [1.807, 2.05) is 7.11 Å². The number of hydrogen-bond donors (Lipinski definition) is 1. The molecule has 0 spiro atoms. The topological polar surface area (TPSA) is 21.3 Å². The molecule has 0 bridgehead atoms. The second kappa shape index (κ2) is 7.24. The van der Waals surface area contributed by atoms with Gasteiger partial charge in [0.1, 0.15) is 0 Å². The van der Waals surface area contributed by atoms with Crippen LogP contribution in [0.4, 0.5) is 0 Å². The normalized spacial score (nSPS) is 21.8. The van der Waals surface area contributed by atoms with Crippen molar-refractivity contribution in [1.82, 2.24) is 5.32 Å². The summed E-state index contributed by atoms with van der Waals surface area (Å²) in [5.41, 5.74) is 0. The third-order valence-electron chi connectivity index (χ3n) is 3.60. The minimum atomic E-state index is 0.385. The van der Waals surface area contributed by atoms with Gasteiger partial charge in [0.25, 0.3) is 0 Å². The van der Waals surface area contributed by atoms with Gasteiger partial charge in [-0.25, -0.2) is 0 Å². The molecule has 1 aliphatic carbocycles. The molecule has 1 saturated carbocycles. The lowest BCUT2D eigenvalue weighted by atomic mass is 9.95. The van der Waals surface area contributed by atoms with Crippen molar-refractivity contribution in [1.29, 1.82) is 0 Å². The Hall–Kier alpha value is -0.0800. The number of rotatable bonds is 7. The van der Waals surface area contributed by atoms with Crippen molar-refractivity contribution in [2.24, 2.45) is 5.92 Å². The fourth-order valence-electron chi connectivity index (χ4n) is 2.70. The van der Waals surface area contributed by atoms with Crippen LogP contribution in [-0.2, 0) is 4.74 Å². The Morgan fingerprint density at radius 3 is 2.53 bits per heavy atom. The van der Waals surface area contributed by atoms with Crippen molar-refractivity contribution in [3.63, 3.8) is 0 Å². The summed E-state index contributed by atoms with van der Waals surface area (Å²) < 4.78 is 5.35. The molecule has 2 nitrogen and oxygen atoms in total. The molecule has 0 radical (unpaired) electrons. The lowest BCUT2D eigenvalue weighted by Crippen LogP contribution is -2.33. The van der Waals surface area contributed by atoms with Crippen molar-refractivity contribution in [2.75, 3.05) is 13.7 Å². The number of nitrogens with one attached hydrogen (secondary N) is 1. The van der Waals surface area contributed by atoms with E-state index in [0.717, 1.165) is 18.9 Å². The third kappa shape index (κ3) is 4.98. The molecular formula is C13H27NO. The van der Waals surface area contributed by atoms with Crippen LogP contribution in [0.25, 0.3) is 0 Å². The minimum Gasteiger partial charge on any atom is -0.382 e. The molecule has 0 aromatic heterocycles. The zero-order valence-electron chi connectivity index (χ0n) is 10.6. The molecule has 1 rings (SSSR count). The molecule has 2 unspecified atom stereocenters. The summed E-state index contributed by atoms with van der Waals surface area (Å²) in [6.07, 6.45) is 8.68. The van der Waals surface area contributed by atoms with E-state index < -0.39 is 0 Å². The Morgan fingerprint density at radius 1 is 1.33 bits per heavy atom. The Morgan fingerprint density at radius 2 is 2.00 bits per heavy atom. The smallest absolute Gasteiger partial charge is 0.0558 e. The van der Waals surface area contributed by atoms with Gasteiger partial charge in [-0.15, -0.1) is 0 Å². The van der Waals surface area contributed by atoms with E-state index in [1.165, 1.54) is 32.1 Å². The zero-order valence-corrected chi connectivity index (χ0v) is 10.6. The molecule has 0 aliphatic heterocycles. The molecule has 0 amide bonds. The first-order valence-electron chi connectivity index (χ1n) is 6.52. The fraction of sp³-hybridized carbons (Fsp3) is 1.00. The zero-order chi connectivity index (χ0) is 11.1. The molecule has 1 fully saturated rings. The minimum absolute atomic E-state index is 0.385. The molecule has 2 atom stereocenters. The maximum atomic E-state index is 5.35. The highest BCUT2D eigenvalue weighted by atomic mass is 16.5. The van der Waals surface area contributed by atoms with Crippen molar-refractivity contribution < 1.29 is 4.74 Å². The van der Waals surface area contributed by atoms with E-state index >= 15 is 0 Å². The van der Waals surface area contributed by atoms with Crippen molar-refractivity contribution in [3.8, 4) is 0 Å². The first-order chi connectivity index (χ1) is 7.26. The lowest BCUT2D eigenvalue weighted by molar-refractivity contribution is 0.0972. The van der Waals surface area contributed by atoms with Gasteiger partial charge >= 0.3 is 0 Å². The van der Waals surface area contributed by atoms with Gasteiger partial charge in [-0.05, 0) is 32.2 Å². The maximum absolute atomic E-state index is 5.35. The highest BCUT2D eigenvalue weighted by Gasteiger charge is 2.20. The predicted molar refractivity (Wildman–Crippen MR) is 65.1 cm³/mol. The summed E-state index contributed by atoms with van der Waals surface area (Å²) in [5, 5.41) is 3.59. The van der Waals surface area contributed by atoms with Crippen LogP contribution in [0.2, 0.25) is 0 Å². The van der Waals surface area contributed by atoms with Gasteiger partial charge < -0.3 is 10.1 Å². The van der Waals surface area contributed by atoms with Crippen LogP contribution in [-0.4, -0.2) is 25.8 Å². The van der Waals surface area contributed by atoms with Gasteiger partial charge in [-0.2, -0.15) is 0 Å². The maximum Gasteiger partial charge on any atom is 0.0558 e. The van der Waals surface area contributed by atoms with Gasteiger partial charge in [0, 0.05) is 13.2 Å². The van der Waals surface area contributed by atoms with Crippen LogP contribution in [0, 0.1) is 5.92 Å². The van der Waals surface area contributed by atoms with Gasteiger partial charge in [-0.3, -0.25) is 0 Å². The first-order valence-corrected chi connectivity index (χ1v) is 6.52. The molecule has 1 N–H and O–H groups in total. The summed E-state index contributed by atoms with van der Waals surface area (Å²) in [4.78, 5) is 0. The summed E-state index contributed by atoms with van der Waals surface area (Å²) in [7, 11) is 1.81. The van der Waals surface area contributed by atoms with E-state index in [9.17, 15) is 0 Å². The van der Waals surface area contributed by atoms with Crippen LogP contribution >= 0.6 is 0 Å². The molecule has 0 aromatic rings. The number of hydrogen-bond acceptors (Lipinski definition) is 2. The van der Waals surface area contributed by atoms with Gasteiger partial charge in [-0.1, -0.05) is 32.6 Å². The Labute approximate surface area is 94.8 Å². The third-order valence-corrected chi connectivity index (χ3v) is 3.60. The fourth-order valence-corrected chi connectivity index (χ4v) is 2.70. The average Bonchev–Trinajstić information content (AvgIpc) is 2.70. The van der Waals surface area contributed by atoms with E-state index in [4.69, 9.17) is 4.74 Å². The molecule has 15 heavy (non-hydrogen) atoms. The number of ether oxygens (including phenoxy) is 1. The Kier molecular flexibility index (Phi) is 6.26. The number of methoxy groups -OCH3 is 1. The van der Waals surface area contributed by atoms with Crippen molar-refractivity contribution in [3.05, 3.63) is 0 Å². The highest BCUT2D eigenvalue weighted by molar-refractivity contribution is 4.77. The molecule has 0 saturated heterocycles. The van der Waals surface area contributed by atoms with Gasteiger partial charge in [0.2, 0.25) is 0 Å². The van der Waals surface area contributed by atoms with Crippen LogP contribution in [0.1, 0.15) is 52.4 Å². The second-order valence-corrected chi connectivity index (χ2v) is 4.92. The Bertz CT molecular complexity index is 155. The van der Waals surface area contributed by atoms with Crippen LogP contribution in [0.5, 0.6) is 0 Å². The molecule has 0 aromatic carbocycles. The van der Waals surface area contributed by atoms with Crippen molar-refractivity contribution in [2.45, 2.75) is 64.5 Å². The largest absolute Gasteiger partial charge is 0.382 e. The molecule has 1 aliphatic rings. The van der Waals surface area contributed by atoms with Gasteiger partial charge in [0.05, 0.1) is 6.10 Å². The van der Waals surface area contributed by atoms with Crippen LogP contribution < -0.4 is 5.32 Å². The summed E-state index contributed by atoms with van der Waals surface area (Å²) >= 11 is 0. The average molecular weight is 213 g/mol. The summed E-state index contributed by atoms with van der Waals surface area (Å²) in [5.74, 6) is 0.970. The standard InChI is InChI=1S/C13H27NO/c1-4-14-13(9-11(2)15-3)10-12-7-5-6-8-12/h11-14H,4-10H2,1-3H3. The molecule has 0 heterocycles. The SMILES string of the molecule is CCNC(CC1CCCC1)CC(C)OC. The van der Waals surface area contributed by atoms with Crippen LogP contribution in [0.15, 0.2) is 0 Å².